The van der Waals surface area contributed by atoms with Gasteiger partial charge in [0.2, 0.25) is 11.8 Å². The number of rotatable bonds is 6. The molecule has 0 aromatic heterocycles. The topological polar surface area (TPSA) is 84.2 Å². The predicted molar refractivity (Wildman–Crippen MR) is 74.5 cm³/mol. The van der Waals surface area contributed by atoms with Crippen LogP contribution in [0.3, 0.4) is 0 Å². The van der Waals surface area contributed by atoms with Crippen molar-refractivity contribution in [2.24, 2.45) is 5.73 Å². The number of hydrogen-bond acceptors (Lipinski definition) is 3. The fourth-order valence-corrected chi connectivity index (χ4v) is 1.64. The van der Waals surface area contributed by atoms with Gasteiger partial charge in [0, 0.05) is 12.0 Å². The average molecular weight is 281 g/mol. The van der Waals surface area contributed by atoms with Crippen LogP contribution in [0.4, 0.5) is 4.39 Å². The van der Waals surface area contributed by atoms with Gasteiger partial charge in [0.1, 0.15) is 5.82 Å². The lowest BCUT2D eigenvalue weighted by atomic mass is 9.84. The van der Waals surface area contributed by atoms with E-state index in [4.69, 9.17) is 5.73 Å². The summed E-state index contributed by atoms with van der Waals surface area (Å²) in [7, 11) is 0. The van der Waals surface area contributed by atoms with E-state index in [1.165, 1.54) is 12.1 Å². The van der Waals surface area contributed by atoms with Gasteiger partial charge in [0.15, 0.2) is 0 Å². The molecule has 1 aromatic carbocycles. The van der Waals surface area contributed by atoms with Crippen molar-refractivity contribution in [2.75, 3.05) is 19.6 Å². The third-order valence-electron chi connectivity index (χ3n) is 2.97. The van der Waals surface area contributed by atoms with Crippen molar-refractivity contribution in [1.29, 1.82) is 0 Å². The molecule has 0 atom stereocenters. The average Bonchev–Trinajstić information content (AvgIpc) is 2.42. The quantitative estimate of drug-likeness (QED) is 0.701. The fraction of sp³-hybridized carbons (Fsp3) is 0.429. The Kier molecular flexibility index (Phi) is 5.64. The Morgan fingerprint density at radius 1 is 1.25 bits per heavy atom. The minimum Gasteiger partial charge on any atom is -0.354 e. The monoisotopic (exact) mass is 281 g/mol. The maximum Gasteiger partial charge on any atom is 0.239 e. The first kappa shape index (κ1) is 16.1. The number of nitrogens with two attached hydrogens (primary N) is 1. The first-order valence-corrected chi connectivity index (χ1v) is 6.34. The number of halogens is 1. The summed E-state index contributed by atoms with van der Waals surface area (Å²) in [6.07, 6.45) is 0. The van der Waals surface area contributed by atoms with Crippen molar-refractivity contribution < 1.29 is 14.0 Å². The highest BCUT2D eigenvalue weighted by molar-refractivity contribution is 5.85. The lowest BCUT2D eigenvalue weighted by Gasteiger charge is -2.25. The van der Waals surface area contributed by atoms with Crippen LogP contribution in [0.5, 0.6) is 0 Å². The molecule has 4 N–H and O–H groups in total. The zero-order chi connectivity index (χ0) is 15.2. The third kappa shape index (κ3) is 4.97. The number of amides is 2. The minimum absolute atomic E-state index is 0.116. The Hall–Kier alpha value is -1.95. The molecule has 0 aliphatic rings. The van der Waals surface area contributed by atoms with E-state index in [2.05, 4.69) is 10.6 Å². The smallest absolute Gasteiger partial charge is 0.239 e. The molecule has 1 rings (SSSR count). The highest BCUT2D eigenvalue weighted by Crippen LogP contribution is 2.22. The Bertz CT molecular complexity index is 489. The number of benzene rings is 1. The molecule has 0 heterocycles. The van der Waals surface area contributed by atoms with Crippen LogP contribution in [0, 0.1) is 5.82 Å². The van der Waals surface area contributed by atoms with Gasteiger partial charge >= 0.3 is 0 Å². The molecule has 5 nitrogen and oxygen atoms in total. The van der Waals surface area contributed by atoms with Crippen LogP contribution in [-0.2, 0) is 15.0 Å². The molecule has 20 heavy (non-hydrogen) atoms. The molecule has 2 amide bonds. The number of carbonyl (C=O) groups excluding carboxylic acids is 2. The molecule has 0 saturated carbocycles. The molecule has 1 aromatic rings. The highest BCUT2D eigenvalue weighted by Gasteiger charge is 2.21. The molecule has 0 saturated heterocycles. The summed E-state index contributed by atoms with van der Waals surface area (Å²) < 4.78 is 13.2. The molecule has 0 unspecified atom stereocenters. The van der Waals surface area contributed by atoms with Crippen LogP contribution in [0.1, 0.15) is 19.4 Å². The molecule has 0 aliphatic heterocycles. The zero-order valence-electron chi connectivity index (χ0n) is 11.7. The SMILES string of the molecule is CC(C)(CNC(=O)CNC(=O)CN)c1cccc(F)c1. The van der Waals surface area contributed by atoms with E-state index in [0.29, 0.717) is 6.54 Å². The van der Waals surface area contributed by atoms with Crippen molar-refractivity contribution in [3.8, 4) is 0 Å². The molecular weight excluding hydrogens is 261 g/mol. The second kappa shape index (κ2) is 7.00. The molecule has 110 valence electrons. The van der Waals surface area contributed by atoms with Crippen LogP contribution < -0.4 is 16.4 Å². The standard InChI is InChI=1S/C14H20FN3O2/c1-14(2,10-4-3-5-11(15)6-10)9-18-13(20)8-17-12(19)7-16/h3-6H,7-9,16H2,1-2H3,(H,17,19)(H,18,20). The van der Waals surface area contributed by atoms with Crippen molar-refractivity contribution in [3.63, 3.8) is 0 Å². The largest absolute Gasteiger partial charge is 0.354 e. The summed E-state index contributed by atoms with van der Waals surface area (Å²) in [4.78, 5) is 22.5. The Balaban J connectivity index is 2.51. The van der Waals surface area contributed by atoms with Gasteiger partial charge in [-0.25, -0.2) is 4.39 Å². The second-order valence-electron chi connectivity index (χ2n) is 5.15. The van der Waals surface area contributed by atoms with Gasteiger partial charge in [-0.3, -0.25) is 9.59 Å². The Labute approximate surface area is 117 Å². The molecule has 0 radical (unpaired) electrons. The lowest BCUT2D eigenvalue weighted by Crippen LogP contribution is -2.43. The molecule has 0 fully saturated rings. The summed E-state index contributed by atoms with van der Waals surface area (Å²) in [5.74, 6) is -1.00. The molecule has 0 spiro atoms. The van der Waals surface area contributed by atoms with E-state index in [9.17, 15) is 14.0 Å². The normalized spacial score (nSPS) is 11.0. The van der Waals surface area contributed by atoms with Crippen molar-refractivity contribution in [2.45, 2.75) is 19.3 Å². The van der Waals surface area contributed by atoms with Crippen molar-refractivity contribution in [3.05, 3.63) is 35.6 Å². The van der Waals surface area contributed by atoms with E-state index >= 15 is 0 Å². The van der Waals surface area contributed by atoms with Crippen molar-refractivity contribution >= 4 is 11.8 Å². The van der Waals surface area contributed by atoms with Gasteiger partial charge < -0.3 is 16.4 Å². The maximum absolute atomic E-state index is 13.2. The summed E-state index contributed by atoms with van der Waals surface area (Å²) in [5, 5.41) is 5.08. The van der Waals surface area contributed by atoms with Crippen LogP contribution in [0.25, 0.3) is 0 Å². The summed E-state index contributed by atoms with van der Waals surface area (Å²) in [6.45, 7) is 3.88. The van der Waals surface area contributed by atoms with Crippen molar-refractivity contribution in [1.82, 2.24) is 10.6 Å². The van der Waals surface area contributed by atoms with Crippen LogP contribution in [0.2, 0.25) is 0 Å². The number of carbonyl (C=O) groups is 2. The Morgan fingerprint density at radius 3 is 2.55 bits per heavy atom. The molecule has 6 heteroatoms. The van der Waals surface area contributed by atoms with Gasteiger partial charge in [-0.05, 0) is 17.7 Å². The second-order valence-corrected chi connectivity index (χ2v) is 5.15. The van der Waals surface area contributed by atoms with Crippen LogP contribution >= 0.6 is 0 Å². The van der Waals surface area contributed by atoms with Crippen LogP contribution in [-0.4, -0.2) is 31.4 Å². The van der Waals surface area contributed by atoms with Gasteiger partial charge in [-0.2, -0.15) is 0 Å². The number of hydrogen-bond donors (Lipinski definition) is 3. The first-order valence-electron chi connectivity index (χ1n) is 6.34. The van der Waals surface area contributed by atoms with E-state index in [1.807, 2.05) is 19.9 Å². The predicted octanol–water partition coefficient (Wildman–Crippen LogP) is 0.294. The first-order chi connectivity index (χ1) is 9.35. The van der Waals surface area contributed by atoms with Gasteiger partial charge in [-0.15, -0.1) is 0 Å². The molecule has 0 aliphatic carbocycles. The third-order valence-corrected chi connectivity index (χ3v) is 2.97. The van der Waals surface area contributed by atoms with Gasteiger partial charge in [-0.1, -0.05) is 26.0 Å². The Morgan fingerprint density at radius 2 is 1.95 bits per heavy atom. The van der Waals surface area contributed by atoms with Gasteiger partial charge in [0.25, 0.3) is 0 Å². The number of nitrogens with one attached hydrogen (secondary N) is 2. The zero-order valence-corrected chi connectivity index (χ0v) is 11.7. The maximum atomic E-state index is 13.2. The fourth-order valence-electron chi connectivity index (χ4n) is 1.64. The van der Waals surface area contributed by atoms with Gasteiger partial charge in [0.05, 0.1) is 13.1 Å². The summed E-state index contributed by atoms with van der Waals surface area (Å²) >= 11 is 0. The van der Waals surface area contributed by atoms with E-state index in [0.717, 1.165) is 5.56 Å². The summed E-state index contributed by atoms with van der Waals surface area (Å²) in [6, 6.07) is 6.27. The summed E-state index contributed by atoms with van der Waals surface area (Å²) in [5.41, 5.74) is 5.50. The molecule has 0 bridgehead atoms. The van der Waals surface area contributed by atoms with E-state index in [-0.39, 0.29) is 30.7 Å². The highest BCUT2D eigenvalue weighted by atomic mass is 19.1. The minimum atomic E-state index is -0.407. The van der Waals surface area contributed by atoms with Crippen LogP contribution in [0.15, 0.2) is 24.3 Å². The van der Waals surface area contributed by atoms with E-state index in [1.54, 1.807) is 6.07 Å². The lowest BCUT2D eigenvalue weighted by molar-refractivity contribution is -0.125. The van der Waals surface area contributed by atoms with E-state index < -0.39 is 5.41 Å². The molecular formula is C14H20FN3O2.